The quantitative estimate of drug-likeness (QED) is 0.881. The van der Waals surface area contributed by atoms with Gasteiger partial charge in [-0.25, -0.2) is 13.4 Å². The van der Waals surface area contributed by atoms with E-state index in [0.29, 0.717) is 17.3 Å². The van der Waals surface area contributed by atoms with Gasteiger partial charge in [-0.3, -0.25) is 0 Å². The third-order valence-electron chi connectivity index (χ3n) is 2.52. The molecule has 104 valence electrons. The second-order valence-electron chi connectivity index (χ2n) is 3.99. The molecule has 0 unspecified atom stereocenters. The van der Waals surface area contributed by atoms with Crippen molar-refractivity contribution in [2.75, 3.05) is 14.1 Å². The SMILES string of the molecule is CNCc1ccc(S(=O)(=O)N(C)Cc2cscn2)s1. The highest BCUT2D eigenvalue weighted by molar-refractivity contribution is 7.91. The largest absolute Gasteiger partial charge is 0.315 e. The van der Waals surface area contributed by atoms with E-state index in [1.54, 1.807) is 18.6 Å². The number of sulfonamides is 1. The van der Waals surface area contributed by atoms with E-state index in [0.717, 1.165) is 10.6 Å². The number of rotatable bonds is 6. The van der Waals surface area contributed by atoms with Gasteiger partial charge in [0.25, 0.3) is 10.0 Å². The van der Waals surface area contributed by atoms with E-state index in [4.69, 9.17) is 0 Å². The minimum absolute atomic E-state index is 0.297. The first-order valence-corrected chi connectivity index (χ1v) is 8.80. The topological polar surface area (TPSA) is 62.3 Å². The predicted molar refractivity (Wildman–Crippen MR) is 77.8 cm³/mol. The fourth-order valence-corrected chi connectivity index (χ4v) is 4.82. The Bertz CT molecular complexity index is 619. The van der Waals surface area contributed by atoms with E-state index in [9.17, 15) is 8.42 Å². The van der Waals surface area contributed by atoms with Gasteiger partial charge in [-0.15, -0.1) is 22.7 Å². The van der Waals surface area contributed by atoms with Gasteiger partial charge in [-0.1, -0.05) is 0 Å². The van der Waals surface area contributed by atoms with Crippen LogP contribution in [0.5, 0.6) is 0 Å². The summed E-state index contributed by atoms with van der Waals surface area (Å²) >= 11 is 2.76. The van der Waals surface area contributed by atoms with Crippen molar-refractivity contribution in [2.24, 2.45) is 0 Å². The second-order valence-corrected chi connectivity index (χ2v) is 8.15. The molecule has 0 amide bonds. The Morgan fingerprint density at radius 3 is 2.84 bits per heavy atom. The van der Waals surface area contributed by atoms with E-state index in [1.807, 2.05) is 18.5 Å². The Hall–Kier alpha value is -0.800. The van der Waals surface area contributed by atoms with Gasteiger partial charge in [0.2, 0.25) is 0 Å². The lowest BCUT2D eigenvalue weighted by Crippen LogP contribution is -2.25. The number of aromatic nitrogens is 1. The molecule has 0 aliphatic rings. The Balaban J connectivity index is 2.16. The fourth-order valence-electron chi connectivity index (χ4n) is 1.55. The van der Waals surface area contributed by atoms with Gasteiger partial charge in [0, 0.05) is 23.8 Å². The Labute approximate surface area is 121 Å². The van der Waals surface area contributed by atoms with E-state index in [-0.39, 0.29) is 0 Å². The molecule has 0 aliphatic carbocycles. The molecule has 2 heterocycles. The van der Waals surface area contributed by atoms with Gasteiger partial charge >= 0.3 is 0 Å². The maximum absolute atomic E-state index is 12.4. The molecular formula is C11H15N3O2S3. The van der Waals surface area contributed by atoms with Gasteiger partial charge < -0.3 is 5.32 Å². The number of thiophene rings is 1. The molecule has 0 atom stereocenters. The Morgan fingerprint density at radius 2 is 2.21 bits per heavy atom. The summed E-state index contributed by atoms with van der Waals surface area (Å²) in [5.41, 5.74) is 2.47. The van der Waals surface area contributed by atoms with E-state index in [2.05, 4.69) is 10.3 Å². The van der Waals surface area contributed by atoms with Crippen LogP contribution in [0.2, 0.25) is 0 Å². The molecule has 2 aromatic rings. The van der Waals surface area contributed by atoms with Crippen molar-refractivity contribution < 1.29 is 8.42 Å². The molecule has 0 spiro atoms. The van der Waals surface area contributed by atoms with Gasteiger partial charge in [0.15, 0.2) is 0 Å². The molecule has 0 radical (unpaired) electrons. The van der Waals surface area contributed by atoms with Crippen molar-refractivity contribution in [3.05, 3.63) is 33.6 Å². The molecule has 1 N–H and O–H groups in total. The number of hydrogen-bond acceptors (Lipinski definition) is 6. The van der Waals surface area contributed by atoms with E-state index < -0.39 is 10.0 Å². The number of nitrogens with zero attached hydrogens (tertiary/aromatic N) is 2. The highest BCUT2D eigenvalue weighted by atomic mass is 32.2. The normalized spacial score (nSPS) is 12.2. The summed E-state index contributed by atoms with van der Waals surface area (Å²) in [6.07, 6.45) is 0. The summed E-state index contributed by atoms with van der Waals surface area (Å²) in [4.78, 5) is 5.11. The fraction of sp³-hybridized carbons (Fsp3) is 0.364. The zero-order valence-electron chi connectivity index (χ0n) is 10.7. The molecule has 8 heteroatoms. The first-order valence-electron chi connectivity index (χ1n) is 5.60. The minimum atomic E-state index is -3.42. The van der Waals surface area contributed by atoms with Crippen LogP contribution in [0.25, 0.3) is 0 Å². The van der Waals surface area contributed by atoms with Crippen LogP contribution in [-0.2, 0) is 23.1 Å². The molecule has 19 heavy (non-hydrogen) atoms. The smallest absolute Gasteiger partial charge is 0.252 e. The predicted octanol–water partition coefficient (Wildman–Crippen LogP) is 1.74. The lowest BCUT2D eigenvalue weighted by atomic mass is 10.5. The highest BCUT2D eigenvalue weighted by Gasteiger charge is 2.23. The average Bonchev–Trinajstić information content (AvgIpc) is 3.00. The molecule has 0 aromatic carbocycles. The van der Waals surface area contributed by atoms with Gasteiger partial charge in [-0.2, -0.15) is 4.31 Å². The molecule has 0 aliphatic heterocycles. The molecule has 5 nitrogen and oxygen atoms in total. The van der Waals surface area contributed by atoms with Gasteiger partial charge in [0.1, 0.15) is 4.21 Å². The summed E-state index contributed by atoms with van der Waals surface area (Å²) in [7, 11) is -0.0127. The van der Waals surface area contributed by atoms with Crippen LogP contribution in [0.4, 0.5) is 0 Å². The summed E-state index contributed by atoms with van der Waals surface area (Å²) < 4.78 is 26.4. The molecule has 0 fully saturated rings. The van der Waals surface area contributed by atoms with Gasteiger partial charge in [-0.05, 0) is 19.2 Å². The summed E-state index contributed by atoms with van der Waals surface area (Å²) in [6, 6.07) is 3.49. The summed E-state index contributed by atoms with van der Waals surface area (Å²) in [6.45, 7) is 0.973. The molecule has 0 bridgehead atoms. The molecule has 0 saturated carbocycles. The molecule has 2 rings (SSSR count). The van der Waals surface area contributed by atoms with Crippen molar-refractivity contribution in [1.82, 2.24) is 14.6 Å². The van der Waals surface area contributed by atoms with E-state index in [1.165, 1.54) is 27.0 Å². The molecule has 2 aromatic heterocycles. The van der Waals surface area contributed by atoms with Crippen molar-refractivity contribution in [3.8, 4) is 0 Å². The van der Waals surface area contributed by atoms with Crippen LogP contribution < -0.4 is 5.32 Å². The molecular weight excluding hydrogens is 302 g/mol. The van der Waals surface area contributed by atoms with Gasteiger partial charge in [0.05, 0.1) is 17.7 Å². The first-order chi connectivity index (χ1) is 9.04. The van der Waals surface area contributed by atoms with Crippen LogP contribution >= 0.6 is 22.7 Å². The Kier molecular flexibility index (Phi) is 4.69. The van der Waals surface area contributed by atoms with Crippen molar-refractivity contribution in [2.45, 2.75) is 17.3 Å². The van der Waals surface area contributed by atoms with Crippen molar-refractivity contribution in [1.29, 1.82) is 0 Å². The average molecular weight is 317 g/mol. The minimum Gasteiger partial charge on any atom is -0.315 e. The lowest BCUT2D eigenvalue weighted by molar-refractivity contribution is 0.464. The van der Waals surface area contributed by atoms with Crippen LogP contribution in [-0.4, -0.2) is 31.8 Å². The maximum atomic E-state index is 12.4. The first kappa shape index (κ1) is 14.6. The molecule has 0 saturated heterocycles. The second kappa shape index (κ2) is 6.10. The van der Waals surface area contributed by atoms with Crippen molar-refractivity contribution in [3.63, 3.8) is 0 Å². The van der Waals surface area contributed by atoms with Crippen LogP contribution in [0.15, 0.2) is 27.2 Å². The summed E-state index contributed by atoms with van der Waals surface area (Å²) in [5, 5.41) is 4.86. The number of thiazole rings is 1. The van der Waals surface area contributed by atoms with Crippen molar-refractivity contribution >= 4 is 32.7 Å². The Morgan fingerprint density at radius 1 is 1.42 bits per heavy atom. The number of hydrogen-bond donors (Lipinski definition) is 1. The van der Waals surface area contributed by atoms with Crippen LogP contribution in [0.3, 0.4) is 0 Å². The zero-order valence-corrected chi connectivity index (χ0v) is 13.1. The zero-order chi connectivity index (χ0) is 13.9. The third-order valence-corrected chi connectivity index (χ3v) is 6.51. The van der Waals surface area contributed by atoms with Crippen LogP contribution in [0.1, 0.15) is 10.6 Å². The summed E-state index contributed by atoms with van der Waals surface area (Å²) in [5.74, 6) is 0. The monoisotopic (exact) mass is 317 g/mol. The van der Waals surface area contributed by atoms with Crippen LogP contribution in [0, 0.1) is 0 Å². The maximum Gasteiger partial charge on any atom is 0.252 e. The third kappa shape index (κ3) is 3.40. The highest BCUT2D eigenvalue weighted by Crippen LogP contribution is 2.25. The standard InChI is InChI=1S/C11H15N3O2S3/c1-12-5-10-3-4-11(18-10)19(15,16)14(2)6-9-7-17-8-13-9/h3-4,7-8,12H,5-6H2,1-2H3. The lowest BCUT2D eigenvalue weighted by Gasteiger charge is -2.14. The van der Waals surface area contributed by atoms with E-state index >= 15 is 0 Å². The number of nitrogens with one attached hydrogen (secondary N) is 1.